The molecule has 4 rings (SSSR count). The molecule has 24 heavy (non-hydrogen) atoms. The number of ether oxygens (including phenoxy) is 1. The quantitative estimate of drug-likeness (QED) is 0.930. The number of rotatable bonds is 4. The first-order chi connectivity index (χ1) is 11.8. The van der Waals surface area contributed by atoms with Gasteiger partial charge in [0.25, 0.3) is 5.91 Å². The van der Waals surface area contributed by atoms with Crippen LogP contribution in [0, 0.1) is 0 Å². The maximum absolute atomic E-state index is 12.5. The van der Waals surface area contributed by atoms with Gasteiger partial charge in [0.2, 0.25) is 0 Å². The van der Waals surface area contributed by atoms with Crippen LogP contribution in [0.4, 0.5) is 5.82 Å². The topological polar surface area (TPSA) is 67.4 Å². The fraction of sp³-hybridized carbons (Fsp3) is 0.389. The van der Waals surface area contributed by atoms with Crippen LogP contribution in [0.2, 0.25) is 0 Å². The van der Waals surface area contributed by atoms with Crippen LogP contribution in [0.25, 0.3) is 11.4 Å². The standard InChI is InChI=1S/C18H20N4O2/c23-18(19-14-6-7-14)15-12-16(22-8-10-24-11-9-22)21-17(20-15)13-4-2-1-3-5-13/h1-5,12,14H,6-11H2,(H,19,23). The number of carbonyl (C=O) groups is 1. The van der Waals surface area contributed by atoms with Crippen molar-refractivity contribution in [3.05, 3.63) is 42.1 Å². The zero-order valence-corrected chi connectivity index (χ0v) is 13.4. The van der Waals surface area contributed by atoms with Crippen molar-refractivity contribution >= 4 is 11.7 Å². The summed E-state index contributed by atoms with van der Waals surface area (Å²) in [5.41, 5.74) is 1.34. The lowest BCUT2D eigenvalue weighted by atomic mass is 10.2. The Balaban J connectivity index is 1.70. The summed E-state index contributed by atoms with van der Waals surface area (Å²) in [6, 6.07) is 11.9. The van der Waals surface area contributed by atoms with Gasteiger partial charge >= 0.3 is 0 Å². The second kappa shape index (κ2) is 6.57. The number of nitrogens with one attached hydrogen (secondary N) is 1. The molecule has 1 aromatic heterocycles. The van der Waals surface area contributed by atoms with Crippen LogP contribution in [0.15, 0.2) is 36.4 Å². The van der Waals surface area contributed by atoms with Crippen LogP contribution in [-0.4, -0.2) is 48.2 Å². The van der Waals surface area contributed by atoms with Crippen molar-refractivity contribution in [1.82, 2.24) is 15.3 Å². The summed E-state index contributed by atoms with van der Waals surface area (Å²) in [6.45, 7) is 2.90. The lowest BCUT2D eigenvalue weighted by Crippen LogP contribution is -2.37. The van der Waals surface area contributed by atoms with E-state index >= 15 is 0 Å². The zero-order chi connectivity index (χ0) is 16.4. The van der Waals surface area contributed by atoms with E-state index in [9.17, 15) is 4.79 Å². The van der Waals surface area contributed by atoms with Crippen molar-refractivity contribution in [3.63, 3.8) is 0 Å². The second-order valence-corrected chi connectivity index (χ2v) is 6.15. The predicted molar refractivity (Wildman–Crippen MR) is 91.0 cm³/mol. The third-order valence-electron chi connectivity index (χ3n) is 4.22. The van der Waals surface area contributed by atoms with E-state index in [2.05, 4.69) is 20.2 Å². The Bertz CT molecular complexity index is 725. The Morgan fingerprint density at radius 2 is 1.88 bits per heavy atom. The summed E-state index contributed by atoms with van der Waals surface area (Å²) in [5, 5.41) is 3.01. The van der Waals surface area contributed by atoms with Crippen molar-refractivity contribution in [2.75, 3.05) is 31.2 Å². The Morgan fingerprint density at radius 3 is 2.58 bits per heavy atom. The van der Waals surface area contributed by atoms with Gasteiger partial charge in [-0.2, -0.15) is 0 Å². The van der Waals surface area contributed by atoms with Crippen LogP contribution in [-0.2, 0) is 4.74 Å². The van der Waals surface area contributed by atoms with Crippen molar-refractivity contribution in [2.45, 2.75) is 18.9 Å². The molecule has 0 radical (unpaired) electrons. The number of carbonyl (C=O) groups excluding carboxylic acids is 1. The van der Waals surface area contributed by atoms with Crippen LogP contribution in [0.5, 0.6) is 0 Å². The molecule has 1 N–H and O–H groups in total. The number of aromatic nitrogens is 2. The van der Waals surface area contributed by atoms with Gasteiger partial charge < -0.3 is 15.0 Å². The third kappa shape index (κ3) is 3.38. The lowest BCUT2D eigenvalue weighted by molar-refractivity contribution is 0.0946. The molecule has 2 aromatic rings. The highest BCUT2D eigenvalue weighted by Gasteiger charge is 2.25. The summed E-state index contributed by atoms with van der Waals surface area (Å²) in [4.78, 5) is 23.8. The fourth-order valence-corrected chi connectivity index (χ4v) is 2.71. The third-order valence-corrected chi connectivity index (χ3v) is 4.22. The van der Waals surface area contributed by atoms with E-state index in [1.807, 2.05) is 30.3 Å². The molecule has 2 aliphatic rings. The highest BCUT2D eigenvalue weighted by molar-refractivity contribution is 5.93. The Kier molecular flexibility index (Phi) is 4.13. The van der Waals surface area contributed by atoms with E-state index in [1.165, 1.54) is 0 Å². The van der Waals surface area contributed by atoms with Gasteiger partial charge in [0.15, 0.2) is 5.82 Å². The number of nitrogens with zero attached hydrogens (tertiary/aromatic N) is 3. The first-order valence-corrected chi connectivity index (χ1v) is 8.38. The molecule has 1 saturated heterocycles. The van der Waals surface area contributed by atoms with Crippen molar-refractivity contribution in [2.24, 2.45) is 0 Å². The fourth-order valence-electron chi connectivity index (χ4n) is 2.71. The minimum Gasteiger partial charge on any atom is -0.378 e. The smallest absolute Gasteiger partial charge is 0.270 e. The molecular formula is C18H20N4O2. The highest BCUT2D eigenvalue weighted by atomic mass is 16.5. The normalized spacial score (nSPS) is 17.6. The molecule has 2 fully saturated rings. The molecule has 1 amide bonds. The van der Waals surface area contributed by atoms with Gasteiger partial charge in [0, 0.05) is 30.8 Å². The van der Waals surface area contributed by atoms with Gasteiger partial charge in [-0.1, -0.05) is 30.3 Å². The van der Waals surface area contributed by atoms with Gasteiger partial charge in [-0.15, -0.1) is 0 Å². The molecule has 0 bridgehead atoms. The van der Waals surface area contributed by atoms with E-state index in [1.54, 1.807) is 6.07 Å². The van der Waals surface area contributed by atoms with Crippen LogP contribution >= 0.6 is 0 Å². The van der Waals surface area contributed by atoms with Gasteiger partial charge in [0.05, 0.1) is 13.2 Å². The van der Waals surface area contributed by atoms with E-state index < -0.39 is 0 Å². The molecule has 0 unspecified atom stereocenters. The molecule has 6 nitrogen and oxygen atoms in total. The lowest BCUT2D eigenvalue weighted by Gasteiger charge is -2.28. The monoisotopic (exact) mass is 324 g/mol. The van der Waals surface area contributed by atoms with Crippen molar-refractivity contribution < 1.29 is 9.53 Å². The van der Waals surface area contributed by atoms with Crippen LogP contribution < -0.4 is 10.2 Å². The Hall–Kier alpha value is -2.47. The van der Waals surface area contributed by atoms with E-state index in [0.29, 0.717) is 30.8 Å². The highest BCUT2D eigenvalue weighted by Crippen LogP contribution is 2.23. The molecule has 0 spiro atoms. The summed E-state index contributed by atoms with van der Waals surface area (Å²) in [7, 11) is 0. The van der Waals surface area contributed by atoms with Gasteiger partial charge in [0.1, 0.15) is 11.5 Å². The molecule has 1 aromatic carbocycles. The van der Waals surface area contributed by atoms with Crippen LogP contribution in [0.3, 0.4) is 0 Å². The summed E-state index contributed by atoms with van der Waals surface area (Å²) < 4.78 is 5.41. The summed E-state index contributed by atoms with van der Waals surface area (Å²) in [5.74, 6) is 1.25. The molecule has 1 aliphatic heterocycles. The Labute approximate surface area is 140 Å². The molecule has 1 saturated carbocycles. The molecule has 1 aliphatic carbocycles. The summed E-state index contributed by atoms with van der Waals surface area (Å²) >= 11 is 0. The summed E-state index contributed by atoms with van der Waals surface area (Å²) in [6.07, 6.45) is 2.11. The Morgan fingerprint density at radius 1 is 1.12 bits per heavy atom. The number of anilines is 1. The van der Waals surface area contributed by atoms with Crippen molar-refractivity contribution in [1.29, 1.82) is 0 Å². The first kappa shape index (κ1) is 15.1. The largest absolute Gasteiger partial charge is 0.378 e. The molecule has 0 atom stereocenters. The van der Waals surface area contributed by atoms with E-state index in [-0.39, 0.29) is 5.91 Å². The average molecular weight is 324 g/mol. The zero-order valence-electron chi connectivity index (χ0n) is 13.4. The SMILES string of the molecule is O=C(NC1CC1)c1cc(N2CCOCC2)nc(-c2ccccc2)n1. The average Bonchev–Trinajstić information content (AvgIpc) is 3.47. The second-order valence-electron chi connectivity index (χ2n) is 6.15. The molecular weight excluding hydrogens is 304 g/mol. The molecule has 2 heterocycles. The van der Waals surface area contributed by atoms with Crippen LogP contribution in [0.1, 0.15) is 23.3 Å². The maximum atomic E-state index is 12.5. The van der Waals surface area contributed by atoms with Crippen molar-refractivity contribution in [3.8, 4) is 11.4 Å². The number of morpholine rings is 1. The molecule has 124 valence electrons. The predicted octanol–water partition coefficient (Wildman–Crippen LogP) is 1.87. The molecule has 6 heteroatoms. The van der Waals surface area contributed by atoms with E-state index in [4.69, 9.17) is 4.74 Å². The van der Waals surface area contributed by atoms with Gasteiger partial charge in [-0.3, -0.25) is 4.79 Å². The minimum atomic E-state index is -0.119. The number of hydrogen-bond donors (Lipinski definition) is 1. The number of hydrogen-bond acceptors (Lipinski definition) is 5. The first-order valence-electron chi connectivity index (χ1n) is 8.38. The van der Waals surface area contributed by atoms with E-state index in [0.717, 1.165) is 37.3 Å². The number of amides is 1. The van der Waals surface area contributed by atoms with Gasteiger partial charge in [-0.25, -0.2) is 9.97 Å². The maximum Gasteiger partial charge on any atom is 0.270 e. The van der Waals surface area contributed by atoms with Gasteiger partial charge in [-0.05, 0) is 12.8 Å². The minimum absolute atomic E-state index is 0.119. The number of benzene rings is 1.